The second-order valence-electron chi connectivity index (χ2n) is 3.28. The van der Waals surface area contributed by atoms with Crippen LogP contribution >= 0.6 is 0 Å². The van der Waals surface area contributed by atoms with Crippen LogP contribution in [0.15, 0.2) is 24.0 Å². The van der Waals surface area contributed by atoms with Crippen molar-refractivity contribution < 1.29 is 24.5 Å². The molecule has 0 rings (SSSR count). The maximum atomic E-state index is 11.2. The van der Waals surface area contributed by atoms with Gasteiger partial charge in [-0.25, -0.2) is 9.59 Å². The first-order chi connectivity index (χ1) is 7.93. The number of hydrogen-bond acceptors (Lipinski definition) is 4. The summed E-state index contributed by atoms with van der Waals surface area (Å²) >= 11 is 0. The molecule has 6 nitrogen and oxygen atoms in total. The highest BCUT2D eigenvalue weighted by Crippen LogP contribution is 2.14. The van der Waals surface area contributed by atoms with Crippen molar-refractivity contribution in [1.29, 1.82) is 0 Å². The fraction of sp³-hybridized carbons (Fsp3) is 0.455. The fourth-order valence-electron chi connectivity index (χ4n) is 0.977. The third kappa shape index (κ3) is 5.17. The van der Waals surface area contributed by atoms with Crippen molar-refractivity contribution in [3.8, 4) is 0 Å². The average molecular weight is 243 g/mol. The van der Waals surface area contributed by atoms with Gasteiger partial charge in [0, 0.05) is 6.54 Å². The van der Waals surface area contributed by atoms with Crippen molar-refractivity contribution >= 4 is 12.1 Å². The van der Waals surface area contributed by atoms with Crippen LogP contribution in [0.5, 0.6) is 0 Å². The monoisotopic (exact) mass is 243 g/mol. The molecule has 0 aliphatic heterocycles. The number of amides is 1. The van der Waals surface area contributed by atoms with Gasteiger partial charge in [0.2, 0.25) is 0 Å². The number of aliphatic hydroxyl groups is 1. The average Bonchev–Trinajstić information content (AvgIpc) is 2.31. The molecule has 1 unspecified atom stereocenters. The molecule has 1 amide bonds. The van der Waals surface area contributed by atoms with Gasteiger partial charge in [-0.2, -0.15) is 0 Å². The Balaban J connectivity index is 4.84. The fourth-order valence-corrected chi connectivity index (χ4v) is 0.977. The summed E-state index contributed by atoms with van der Waals surface area (Å²) in [7, 11) is 0. The Bertz CT molecular complexity index is 335. The third-order valence-corrected chi connectivity index (χ3v) is 1.97. The molecule has 0 aliphatic rings. The van der Waals surface area contributed by atoms with Crippen LogP contribution in [0.25, 0.3) is 0 Å². The van der Waals surface area contributed by atoms with E-state index in [-0.39, 0.29) is 24.3 Å². The summed E-state index contributed by atoms with van der Waals surface area (Å²) in [5, 5.41) is 20.7. The minimum absolute atomic E-state index is 0.195. The summed E-state index contributed by atoms with van der Waals surface area (Å²) in [4.78, 5) is 22.0. The molecule has 6 heteroatoms. The first-order valence-corrected chi connectivity index (χ1v) is 5.12. The quantitative estimate of drug-likeness (QED) is 0.368. The number of alkyl carbamates (subject to hydrolysis) is 1. The first kappa shape index (κ1) is 15.2. The lowest BCUT2D eigenvalue weighted by Gasteiger charge is -2.15. The molecule has 0 aromatic rings. The molecule has 0 heterocycles. The number of aliphatic hydroxyl groups excluding tert-OH is 1. The van der Waals surface area contributed by atoms with Crippen LogP contribution in [0.4, 0.5) is 4.79 Å². The Labute approximate surface area is 99.6 Å². The minimum atomic E-state index is -1.25. The van der Waals surface area contributed by atoms with Gasteiger partial charge in [0.05, 0.1) is 5.57 Å². The second kappa shape index (κ2) is 7.45. The van der Waals surface area contributed by atoms with E-state index >= 15 is 0 Å². The maximum absolute atomic E-state index is 11.2. The van der Waals surface area contributed by atoms with Crippen LogP contribution in [0.3, 0.4) is 0 Å². The van der Waals surface area contributed by atoms with Crippen molar-refractivity contribution in [3.05, 3.63) is 24.0 Å². The highest BCUT2D eigenvalue weighted by molar-refractivity contribution is 5.87. The van der Waals surface area contributed by atoms with Gasteiger partial charge in [-0.1, -0.05) is 13.0 Å². The van der Waals surface area contributed by atoms with E-state index in [1.165, 1.54) is 13.0 Å². The van der Waals surface area contributed by atoms with E-state index in [4.69, 9.17) is 9.84 Å². The van der Waals surface area contributed by atoms with E-state index in [0.717, 1.165) is 0 Å². The third-order valence-electron chi connectivity index (χ3n) is 1.97. The SMILES string of the molecule is C=CCNC(=O)O/C(=C(\C)C(=O)O)C(O)CC. The van der Waals surface area contributed by atoms with E-state index in [1.807, 2.05) is 0 Å². The molecule has 0 fully saturated rings. The summed E-state index contributed by atoms with van der Waals surface area (Å²) in [5.41, 5.74) is -0.201. The van der Waals surface area contributed by atoms with Crippen molar-refractivity contribution in [1.82, 2.24) is 5.32 Å². The number of carboxylic acid groups (broad SMARTS) is 1. The summed E-state index contributed by atoms with van der Waals surface area (Å²) in [6.45, 7) is 6.50. The highest BCUT2D eigenvalue weighted by Gasteiger charge is 2.20. The number of aliphatic carboxylic acids is 1. The molecule has 3 N–H and O–H groups in total. The normalized spacial score (nSPS) is 13.4. The zero-order valence-corrected chi connectivity index (χ0v) is 9.90. The Morgan fingerprint density at radius 1 is 1.53 bits per heavy atom. The molecular weight excluding hydrogens is 226 g/mol. The van der Waals surface area contributed by atoms with E-state index in [1.54, 1.807) is 6.92 Å². The molecule has 0 radical (unpaired) electrons. The standard InChI is InChI=1S/C11H17NO5/c1-4-6-12-11(16)17-9(8(13)5-2)7(3)10(14)15/h4,8,13H,1,5-6H2,2-3H3,(H,12,16)(H,14,15)/b9-7+. The Hall–Kier alpha value is -1.82. The molecule has 0 aromatic heterocycles. The van der Waals surface area contributed by atoms with E-state index in [0.29, 0.717) is 0 Å². The van der Waals surface area contributed by atoms with Gasteiger partial charge in [-0.05, 0) is 13.3 Å². The van der Waals surface area contributed by atoms with Gasteiger partial charge in [0.25, 0.3) is 0 Å². The number of carbonyl (C=O) groups excluding carboxylic acids is 1. The van der Waals surface area contributed by atoms with Crippen molar-refractivity contribution in [3.63, 3.8) is 0 Å². The zero-order valence-electron chi connectivity index (χ0n) is 9.90. The number of ether oxygens (including phenoxy) is 1. The van der Waals surface area contributed by atoms with E-state index in [2.05, 4.69) is 11.9 Å². The van der Waals surface area contributed by atoms with Crippen molar-refractivity contribution in [2.45, 2.75) is 26.4 Å². The molecule has 0 aromatic carbocycles. The summed E-state index contributed by atoms with van der Waals surface area (Å²) < 4.78 is 4.78. The highest BCUT2D eigenvalue weighted by atomic mass is 16.6. The van der Waals surface area contributed by atoms with Crippen LogP contribution in [0, 0.1) is 0 Å². The maximum Gasteiger partial charge on any atom is 0.412 e. The smallest absolute Gasteiger partial charge is 0.412 e. The van der Waals surface area contributed by atoms with Crippen LogP contribution in [-0.4, -0.2) is 34.9 Å². The van der Waals surface area contributed by atoms with E-state index < -0.39 is 18.2 Å². The van der Waals surface area contributed by atoms with Crippen LogP contribution < -0.4 is 5.32 Å². The summed E-state index contributed by atoms with van der Waals surface area (Å²) in [6.07, 6.45) is -0.256. The van der Waals surface area contributed by atoms with Gasteiger partial charge in [0.1, 0.15) is 11.9 Å². The number of carbonyl (C=O) groups is 2. The number of hydrogen-bond donors (Lipinski definition) is 3. The number of carboxylic acids is 1. The summed E-state index contributed by atoms with van der Waals surface area (Å²) in [5.74, 6) is -1.49. The lowest BCUT2D eigenvalue weighted by Crippen LogP contribution is -2.28. The first-order valence-electron chi connectivity index (χ1n) is 5.12. The molecule has 0 saturated heterocycles. The Kier molecular flexibility index (Phi) is 6.65. The van der Waals surface area contributed by atoms with Crippen LogP contribution in [0.2, 0.25) is 0 Å². The van der Waals surface area contributed by atoms with Crippen molar-refractivity contribution in [2.24, 2.45) is 0 Å². The van der Waals surface area contributed by atoms with Gasteiger partial charge in [0.15, 0.2) is 0 Å². The van der Waals surface area contributed by atoms with Gasteiger partial charge in [-0.3, -0.25) is 0 Å². The lowest BCUT2D eigenvalue weighted by molar-refractivity contribution is -0.132. The summed E-state index contributed by atoms with van der Waals surface area (Å²) in [6, 6.07) is 0. The molecule has 17 heavy (non-hydrogen) atoms. The van der Waals surface area contributed by atoms with Gasteiger partial charge >= 0.3 is 12.1 Å². The molecular formula is C11H17NO5. The molecule has 0 spiro atoms. The molecule has 0 aliphatic carbocycles. The molecule has 1 atom stereocenters. The van der Waals surface area contributed by atoms with Crippen molar-refractivity contribution in [2.75, 3.05) is 6.54 Å². The van der Waals surface area contributed by atoms with Crippen LogP contribution in [-0.2, 0) is 9.53 Å². The Morgan fingerprint density at radius 3 is 2.53 bits per heavy atom. The number of rotatable bonds is 6. The minimum Gasteiger partial charge on any atom is -0.478 e. The molecule has 96 valence electrons. The lowest BCUT2D eigenvalue weighted by atomic mass is 10.1. The molecule has 0 saturated carbocycles. The predicted octanol–water partition coefficient (Wildman–Crippen LogP) is 1.03. The second-order valence-corrected chi connectivity index (χ2v) is 3.28. The Morgan fingerprint density at radius 2 is 2.12 bits per heavy atom. The van der Waals surface area contributed by atoms with Crippen LogP contribution in [0.1, 0.15) is 20.3 Å². The topological polar surface area (TPSA) is 95.9 Å². The largest absolute Gasteiger partial charge is 0.478 e. The predicted molar refractivity (Wildman–Crippen MR) is 61.3 cm³/mol. The zero-order chi connectivity index (χ0) is 13.4. The van der Waals surface area contributed by atoms with E-state index in [9.17, 15) is 14.7 Å². The van der Waals surface area contributed by atoms with Gasteiger partial charge in [-0.15, -0.1) is 6.58 Å². The number of nitrogens with one attached hydrogen (secondary N) is 1. The van der Waals surface area contributed by atoms with Gasteiger partial charge < -0.3 is 20.3 Å². The molecule has 0 bridgehead atoms.